The summed E-state index contributed by atoms with van der Waals surface area (Å²) in [7, 11) is 1.57. The molecule has 11 heteroatoms. The number of hydrogen-bond donors (Lipinski definition) is 4. The number of aromatic amines is 1. The summed E-state index contributed by atoms with van der Waals surface area (Å²) in [5.74, 6) is 1.31. The molecule has 0 unspecified atom stereocenters. The molecule has 1 fully saturated rings. The minimum atomic E-state index is -0.291. The number of fused-ring (bicyclic) bond motifs is 2. The number of aromatic nitrogens is 5. The van der Waals surface area contributed by atoms with Gasteiger partial charge in [0.25, 0.3) is 5.91 Å². The minimum absolute atomic E-state index is 0.244. The van der Waals surface area contributed by atoms with Crippen LogP contribution in [0.5, 0.6) is 11.5 Å². The average molecular weight is 590 g/mol. The maximum Gasteiger partial charge on any atom is 0.272 e. The summed E-state index contributed by atoms with van der Waals surface area (Å²) in [6.07, 6.45) is 3.49. The fourth-order valence-corrected chi connectivity index (χ4v) is 5.80. The second-order valence-electron chi connectivity index (χ2n) is 10.9. The first-order chi connectivity index (χ1) is 21.6. The number of amides is 1. The molecular weight excluding hydrogens is 556 g/mol. The fraction of sp³-hybridized carbons (Fsp3) is 0.212. The highest BCUT2D eigenvalue weighted by atomic mass is 16.5. The molecule has 3 aromatic heterocycles. The third-order valence-corrected chi connectivity index (χ3v) is 8.08. The molecule has 11 nitrogen and oxygen atoms in total. The van der Waals surface area contributed by atoms with Crippen LogP contribution in [0.15, 0.2) is 79.1 Å². The van der Waals surface area contributed by atoms with Gasteiger partial charge in [-0.05, 0) is 42.0 Å². The monoisotopic (exact) mass is 589 g/mol. The molecule has 44 heavy (non-hydrogen) atoms. The van der Waals surface area contributed by atoms with E-state index in [1.54, 1.807) is 7.11 Å². The summed E-state index contributed by atoms with van der Waals surface area (Å²) in [6.45, 7) is 2.56. The largest absolute Gasteiger partial charge is 0.495 e. The smallest absolute Gasteiger partial charge is 0.272 e. The predicted octanol–water partition coefficient (Wildman–Crippen LogP) is 4.30. The molecule has 222 valence electrons. The quantitative estimate of drug-likeness (QED) is 0.207. The first kappa shape index (κ1) is 27.4. The van der Waals surface area contributed by atoms with Crippen molar-refractivity contribution in [3.63, 3.8) is 0 Å². The van der Waals surface area contributed by atoms with Crippen LogP contribution in [0.1, 0.15) is 34.9 Å². The molecule has 0 aliphatic carbocycles. The van der Waals surface area contributed by atoms with Crippen molar-refractivity contribution in [3.8, 4) is 22.8 Å². The molecule has 0 spiro atoms. The lowest BCUT2D eigenvalue weighted by atomic mass is 10.1. The highest BCUT2D eigenvalue weighted by Gasteiger charge is 2.25. The van der Waals surface area contributed by atoms with Crippen molar-refractivity contribution in [2.45, 2.75) is 25.5 Å². The average Bonchev–Trinajstić information content (AvgIpc) is 3.68. The predicted molar refractivity (Wildman–Crippen MR) is 169 cm³/mol. The minimum Gasteiger partial charge on any atom is -0.495 e. The van der Waals surface area contributed by atoms with Crippen molar-refractivity contribution in [2.24, 2.45) is 0 Å². The Kier molecular flexibility index (Phi) is 7.29. The van der Waals surface area contributed by atoms with Crippen molar-refractivity contribution in [1.29, 1.82) is 0 Å². The maximum atomic E-state index is 13.3. The van der Waals surface area contributed by atoms with Crippen LogP contribution < -0.4 is 25.8 Å². The number of anilines is 2. The molecule has 6 N–H and O–H groups in total. The van der Waals surface area contributed by atoms with Gasteiger partial charge in [0, 0.05) is 29.3 Å². The lowest BCUT2D eigenvalue weighted by molar-refractivity contribution is -0.664. The molecule has 0 bridgehead atoms. The molecule has 1 saturated heterocycles. The molecule has 4 heterocycles. The molecule has 0 saturated carbocycles. The zero-order chi connectivity index (χ0) is 30.0. The third kappa shape index (κ3) is 5.29. The number of quaternary nitrogens is 1. The van der Waals surface area contributed by atoms with E-state index < -0.39 is 0 Å². The van der Waals surface area contributed by atoms with Crippen molar-refractivity contribution < 1.29 is 19.6 Å². The van der Waals surface area contributed by atoms with E-state index >= 15 is 0 Å². The summed E-state index contributed by atoms with van der Waals surface area (Å²) in [5, 5.41) is 11.9. The second kappa shape index (κ2) is 11.7. The van der Waals surface area contributed by atoms with Crippen LogP contribution in [0.3, 0.4) is 0 Å². The van der Waals surface area contributed by atoms with Crippen LogP contribution >= 0.6 is 0 Å². The Morgan fingerprint density at radius 3 is 2.73 bits per heavy atom. The number of ether oxygens (including phenoxy) is 2. The van der Waals surface area contributed by atoms with Gasteiger partial charge in [0.05, 0.1) is 37.3 Å². The number of H-pyrrole nitrogens is 1. The van der Waals surface area contributed by atoms with Gasteiger partial charge in [-0.25, -0.2) is 14.6 Å². The zero-order valence-electron chi connectivity index (χ0n) is 24.3. The molecule has 3 aromatic carbocycles. The van der Waals surface area contributed by atoms with Crippen LogP contribution in [-0.2, 0) is 6.61 Å². The Bertz CT molecular complexity index is 1960. The van der Waals surface area contributed by atoms with E-state index in [1.165, 1.54) is 6.33 Å². The number of nitrogen functional groups attached to an aromatic ring is 1. The van der Waals surface area contributed by atoms with Crippen molar-refractivity contribution in [3.05, 3.63) is 90.4 Å². The van der Waals surface area contributed by atoms with Gasteiger partial charge in [0.15, 0.2) is 5.65 Å². The topological polar surface area (TPSA) is 150 Å². The number of piperidine rings is 1. The molecular formula is C33H33N8O3+. The van der Waals surface area contributed by atoms with Gasteiger partial charge in [0.1, 0.15) is 41.6 Å². The molecule has 0 radical (unpaired) electrons. The summed E-state index contributed by atoms with van der Waals surface area (Å²) < 4.78 is 13.7. The SMILES string of the molecule is COc1cc(-c2nn(C3CC[NH2+]CC3)c3ncnc(N)c23)ccc1NC(=O)c1cc2cc(OCc3ccccc3)ccc2[nH]1. The first-order valence-electron chi connectivity index (χ1n) is 14.7. The van der Waals surface area contributed by atoms with Crippen LogP contribution in [0.25, 0.3) is 33.2 Å². The lowest BCUT2D eigenvalue weighted by Gasteiger charge is -2.21. The van der Waals surface area contributed by atoms with Crippen molar-refractivity contribution in [1.82, 2.24) is 24.7 Å². The Labute approximate surface area is 253 Å². The first-order valence-corrected chi connectivity index (χ1v) is 14.7. The second-order valence-corrected chi connectivity index (χ2v) is 10.9. The number of carbonyl (C=O) groups is 1. The van der Waals surface area contributed by atoms with Gasteiger partial charge in [-0.2, -0.15) is 5.10 Å². The number of nitrogens with zero attached hydrogens (tertiary/aromatic N) is 4. The fourth-order valence-electron chi connectivity index (χ4n) is 5.80. The van der Waals surface area contributed by atoms with E-state index in [4.69, 9.17) is 20.3 Å². The zero-order valence-corrected chi connectivity index (χ0v) is 24.3. The summed E-state index contributed by atoms with van der Waals surface area (Å²) in [4.78, 5) is 25.3. The van der Waals surface area contributed by atoms with Crippen molar-refractivity contribution in [2.75, 3.05) is 31.2 Å². The molecule has 7 rings (SSSR count). The van der Waals surface area contributed by atoms with Gasteiger partial charge < -0.3 is 30.8 Å². The number of methoxy groups -OCH3 is 1. The Hall–Kier alpha value is -5.42. The number of benzene rings is 3. The van der Waals surface area contributed by atoms with Gasteiger partial charge in [-0.1, -0.05) is 36.4 Å². The van der Waals surface area contributed by atoms with E-state index in [1.807, 2.05) is 77.5 Å². The Morgan fingerprint density at radius 1 is 1.07 bits per heavy atom. The Morgan fingerprint density at radius 2 is 1.91 bits per heavy atom. The Balaban J connectivity index is 1.13. The highest BCUT2D eigenvalue weighted by molar-refractivity contribution is 6.07. The summed E-state index contributed by atoms with van der Waals surface area (Å²) in [6, 6.07) is 23.3. The van der Waals surface area contributed by atoms with Crippen LogP contribution in [-0.4, -0.2) is 50.8 Å². The summed E-state index contributed by atoms with van der Waals surface area (Å²) >= 11 is 0. The molecule has 1 amide bonds. The van der Waals surface area contributed by atoms with E-state index in [0.717, 1.165) is 59.4 Å². The van der Waals surface area contributed by atoms with Gasteiger partial charge in [0.2, 0.25) is 0 Å². The lowest BCUT2D eigenvalue weighted by Crippen LogP contribution is -2.86. The normalized spacial score (nSPS) is 13.8. The van der Waals surface area contributed by atoms with E-state index in [0.29, 0.717) is 40.6 Å². The van der Waals surface area contributed by atoms with Gasteiger partial charge in [-0.15, -0.1) is 0 Å². The molecule has 1 aliphatic rings. The molecule has 6 aromatic rings. The standard InChI is InChI=1S/C33H32N8O3/c1-43-28-17-21(30-29-31(34)36-19-37-32(29)41(40-30)23-11-13-35-14-12-23)7-9-26(28)39-33(42)27-16-22-15-24(8-10-25(22)38-27)44-18-20-5-3-2-4-6-20/h2-10,15-17,19,23,35,38H,11-14,18H2,1H3,(H,39,42)(H2,34,36,37)/p+1. The van der Waals surface area contributed by atoms with Crippen LogP contribution in [0.4, 0.5) is 11.5 Å². The number of rotatable bonds is 8. The number of hydrogen-bond acceptors (Lipinski definition) is 7. The van der Waals surface area contributed by atoms with Crippen LogP contribution in [0, 0.1) is 0 Å². The van der Waals surface area contributed by atoms with Crippen molar-refractivity contribution >= 4 is 39.3 Å². The maximum absolute atomic E-state index is 13.3. The number of nitrogens with two attached hydrogens (primary N) is 2. The number of carbonyl (C=O) groups excluding carboxylic acids is 1. The third-order valence-electron chi connectivity index (χ3n) is 8.08. The van der Waals surface area contributed by atoms with E-state index in [2.05, 4.69) is 25.6 Å². The molecule has 0 atom stereocenters. The van der Waals surface area contributed by atoms with Gasteiger partial charge in [-0.3, -0.25) is 4.79 Å². The van der Waals surface area contributed by atoms with Crippen LogP contribution in [0.2, 0.25) is 0 Å². The van der Waals surface area contributed by atoms with Gasteiger partial charge >= 0.3 is 0 Å². The highest BCUT2D eigenvalue weighted by Crippen LogP contribution is 2.37. The van der Waals surface area contributed by atoms with E-state index in [9.17, 15) is 4.79 Å². The molecule has 1 aliphatic heterocycles. The van der Waals surface area contributed by atoms with E-state index in [-0.39, 0.29) is 11.9 Å². The number of nitrogens with one attached hydrogen (secondary N) is 2. The summed E-state index contributed by atoms with van der Waals surface area (Å²) in [5.41, 5.74) is 11.4.